The van der Waals surface area contributed by atoms with Crippen LogP contribution in [0.1, 0.15) is 24.0 Å². The quantitative estimate of drug-likeness (QED) is 0.918. The fourth-order valence-corrected chi connectivity index (χ4v) is 3.64. The van der Waals surface area contributed by atoms with E-state index in [-0.39, 0.29) is 11.7 Å². The summed E-state index contributed by atoms with van der Waals surface area (Å²) in [7, 11) is 1.81. The summed E-state index contributed by atoms with van der Waals surface area (Å²) in [5.41, 5.74) is 7.93. The number of hydrogen-bond acceptors (Lipinski definition) is 4. The molecule has 0 saturated carbocycles. The Balaban J connectivity index is 1.66. The summed E-state index contributed by atoms with van der Waals surface area (Å²) < 4.78 is 5.66. The third-order valence-corrected chi connectivity index (χ3v) is 4.59. The van der Waals surface area contributed by atoms with E-state index >= 15 is 0 Å². The number of nitrogens with two attached hydrogens (primary N) is 1. The molecule has 2 heterocycles. The maximum Gasteiger partial charge on any atom is 0.410 e. The molecule has 0 bridgehead atoms. The number of carbonyl (C=O) groups excluding carboxylic acids is 1. The van der Waals surface area contributed by atoms with E-state index in [1.54, 1.807) is 4.90 Å². The molecule has 0 radical (unpaired) electrons. The molecule has 5 heteroatoms. The Morgan fingerprint density at radius 2 is 2.14 bits per heavy atom. The normalized spacial score (nSPS) is 25.7. The van der Waals surface area contributed by atoms with Crippen LogP contribution in [0.15, 0.2) is 24.3 Å². The molecule has 1 amide bonds. The van der Waals surface area contributed by atoms with Crippen molar-refractivity contribution in [2.75, 3.05) is 33.2 Å². The Hall–Kier alpha value is -1.59. The van der Waals surface area contributed by atoms with Crippen molar-refractivity contribution in [1.29, 1.82) is 0 Å². The van der Waals surface area contributed by atoms with Crippen molar-refractivity contribution in [3.63, 3.8) is 0 Å². The Morgan fingerprint density at radius 3 is 2.86 bits per heavy atom. The topological polar surface area (TPSA) is 58.8 Å². The summed E-state index contributed by atoms with van der Waals surface area (Å²) in [6, 6.07) is 8.63. The van der Waals surface area contributed by atoms with Gasteiger partial charge in [0.25, 0.3) is 0 Å². The zero-order valence-corrected chi connectivity index (χ0v) is 13.3. The first kappa shape index (κ1) is 15.3. The Morgan fingerprint density at radius 1 is 1.32 bits per heavy atom. The Bertz CT molecular complexity index is 548. The molecule has 1 spiro atoms. The van der Waals surface area contributed by atoms with Crippen molar-refractivity contribution in [3.8, 4) is 0 Å². The lowest BCUT2D eigenvalue weighted by atomic mass is 9.92. The minimum Gasteiger partial charge on any atom is -0.440 e. The zero-order chi connectivity index (χ0) is 15.6. The molecule has 1 aromatic carbocycles. The molecule has 22 heavy (non-hydrogen) atoms. The van der Waals surface area contributed by atoms with Gasteiger partial charge < -0.3 is 15.4 Å². The van der Waals surface area contributed by atoms with Crippen LogP contribution in [0, 0.1) is 0 Å². The first-order valence-electron chi connectivity index (χ1n) is 8.05. The number of benzene rings is 1. The van der Waals surface area contributed by atoms with Gasteiger partial charge in [-0.05, 0) is 43.5 Å². The number of hydrogen-bond donors (Lipinski definition) is 1. The first-order valence-corrected chi connectivity index (χ1v) is 8.05. The monoisotopic (exact) mass is 303 g/mol. The van der Waals surface area contributed by atoms with E-state index in [9.17, 15) is 4.79 Å². The molecule has 2 saturated heterocycles. The van der Waals surface area contributed by atoms with Gasteiger partial charge in [-0.15, -0.1) is 0 Å². The van der Waals surface area contributed by atoms with Gasteiger partial charge in [0.15, 0.2) is 0 Å². The van der Waals surface area contributed by atoms with Gasteiger partial charge >= 0.3 is 6.09 Å². The highest BCUT2D eigenvalue weighted by molar-refractivity contribution is 5.70. The van der Waals surface area contributed by atoms with Crippen LogP contribution in [0.2, 0.25) is 0 Å². The second-order valence-electron chi connectivity index (χ2n) is 6.58. The maximum absolute atomic E-state index is 11.7. The van der Waals surface area contributed by atoms with E-state index in [0.717, 1.165) is 38.9 Å². The van der Waals surface area contributed by atoms with Gasteiger partial charge in [-0.1, -0.05) is 24.3 Å². The molecule has 2 N–H and O–H groups in total. The lowest BCUT2D eigenvalue weighted by molar-refractivity contribution is -0.0113. The molecule has 120 valence electrons. The number of likely N-dealkylation sites (tertiary alicyclic amines) is 1. The van der Waals surface area contributed by atoms with Gasteiger partial charge in [0.1, 0.15) is 5.60 Å². The number of piperidine rings is 1. The summed E-state index contributed by atoms with van der Waals surface area (Å²) >= 11 is 0. The standard InChI is InChI=1S/C17H25N3O2/c1-19-12-17(22-16(19)21)7-3-9-20(13-17)11-15-5-2-4-14(10-15)6-8-18/h2,4-5,10H,3,6-9,11-13,18H2,1H3/t17-/m0/s1. The van der Waals surface area contributed by atoms with E-state index in [1.807, 2.05) is 7.05 Å². The SMILES string of the molecule is CN1C[C@]2(CCCN(Cc3cccc(CCN)c3)C2)OC1=O. The first-order chi connectivity index (χ1) is 10.6. The van der Waals surface area contributed by atoms with Crippen molar-refractivity contribution in [2.45, 2.75) is 31.4 Å². The van der Waals surface area contributed by atoms with Gasteiger partial charge in [0.05, 0.1) is 6.54 Å². The van der Waals surface area contributed by atoms with Crippen LogP contribution in [0.5, 0.6) is 0 Å². The van der Waals surface area contributed by atoms with E-state index in [0.29, 0.717) is 13.1 Å². The average molecular weight is 303 g/mol. The predicted octanol–water partition coefficient (Wildman–Crippen LogP) is 1.60. The van der Waals surface area contributed by atoms with Crippen LogP contribution in [0.3, 0.4) is 0 Å². The average Bonchev–Trinajstić information content (AvgIpc) is 2.73. The molecular weight excluding hydrogens is 278 g/mol. The molecule has 5 nitrogen and oxygen atoms in total. The molecule has 2 fully saturated rings. The molecule has 0 aliphatic carbocycles. The maximum atomic E-state index is 11.7. The Labute approximate surface area is 132 Å². The molecule has 0 unspecified atom stereocenters. The highest BCUT2D eigenvalue weighted by atomic mass is 16.6. The lowest BCUT2D eigenvalue weighted by Crippen LogP contribution is -2.50. The number of likely N-dealkylation sites (N-methyl/N-ethyl adjacent to an activating group) is 1. The smallest absolute Gasteiger partial charge is 0.410 e. The fourth-order valence-electron chi connectivity index (χ4n) is 3.64. The molecular formula is C17H25N3O2. The van der Waals surface area contributed by atoms with E-state index < -0.39 is 0 Å². The summed E-state index contributed by atoms with van der Waals surface area (Å²) in [5.74, 6) is 0. The van der Waals surface area contributed by atoms with Crippen LogP contribution in [0.25, 0.3) is 0 Å². The van der Waals surface area contributed by atoms with E-state index in [1.165, 1.54) is 11.1 Å². The van der Waals surface area contributed by atoms with Gasteiger partial charge in [-0.25, -0.2) is 4.79 Å². The molecule has 2 aliphatic heterocycles. The van der Waals surface area contributed by atoms with Crippen molar-refractivity contribution >= 4 is 6.09 Å². The van der Waals surface area contributed by atoms with Gasteiger partial charge in [0.2, 0.25) is 0 Å². The Kier molecular flexibility index (Phi) is 4.36. The van der Waals surface area contributed by atoms with Crippen molar-refractivity contribution in [3.05, 3.63) is 35.4 Å². The third-order valence-electron chi connectivity index (χ3n) is 4.59. The number of carbonyl (C=O) groups is 1. The molecule has 2 aliphatic rings. The van der Waals surface area contributed by atoms with Crippen LogP contribution in [-0.4, -0.2) is 54.7 Å². The number of nitrogens with zero attached hydrogens (tertiary/aromatic N) is 2. The summed E-state index contributed by atoms with van der Waals surface area (Å²) in [6.45, 7) is 4.17. The highest BCUT2D eigenvalue weighted by Gasteiger charge is 2.46. The fraction of sp³-hybridized carbons (Fsp3) is 0.588. The van der Waals surface area contributed by atoms with Crippen LogP contribution in [0.4, 0.5) is 4.79 Å². The number of amides is 1. The van der Waals surface area contributed by atoms with Gasteiger partial charge in [0, 0.05) is 20.1 Å². The summed E-state index contributed by atoms with van der Waals surface area (Å²) in [5, 5.41) is 0. The number of ether oxygens (including phenoxy) is 1. The van der Waals surface area contributed by atoms with Crippen LogP contribution >= 0.6 is 0 Å². The van der Waals surface area contributed by atoms with Crippen LogP contribution < -0.4 is 5.73 Å². The van der Waals surface area contributed by atoms with E-state index in [4.69, 9.17) is 10.5 Å². The van der Waals surface area contributed by atoms with Gasteiger partial charge in [-0.2, -0.15) is 0 Å². The predicted molar refractivity (Wildman–Crippen MR) is 85.6 cm³/mol. The van der Waals surface area contributed by atoms with Crippen molar-refractivity contribution in [2.24, 2.45) is 5.73 Å². The minimum atomic E-state index is -0.307. The molecule has 0 aromatic heterocycles. The largest absolute Gasteiger partial charge is 0.440 e. The van der Waals surface area contributed by atoms with Crippen LogP contribution in [-0.2, 0) is 17.7 Å². The molecule has 1 atom stereocenters. The molecule has 3 rings (SSSR count). The van der Waals surface area contributed by atoms with Gasteiger partial charge in [-0.3, -0.25) is 4.90 Å². The summed E-state index contributed by atoms with van der Waals surface area (Å²) in [6.07, 6.45) is 2.77. The number of rotatable bonds is 4. The second kappa shape index (κ2) is 6.26. The summed E-state index contributed by atoms with van der Waals surface area (Å²) in [4.78, 5) is 15.8. The van der Waals surface area contributed by atoms with Crippen molar-refractivity contribution < 1.29 is 9.53 Å². The molecule has 1 aromatic rings. The van der Waals surface area contributed by atoms with Crippen molar-refractivity contribution in [1.82, 2.24) is 9.80 Å². The van der Waals surface area contributed by atoms with E-state index in [2.05, 4.69) is 29.2 Å². The highest BCUT2D eigenvalue weighted by Crippen LogP contribution is 2.31. The second-order valence-corrected chi connectivity index (χ2v) is 6.58. The minimum absolute atomic E-state index is 0.188. The third kappa shape index (κ3) is 3.25. The zero-order valence-electron chi connectivity index (χ0n) is 13.3. The lowest BCUT2D eigenvalue weighted by Gasteiger charge is -2.38.